The lowest BCUT2D eigenvalue weighted by molar-refractivity contribution is 0.0950. The van der Waals surface area contributed by atoms with Crippen molar-refractivity contribution in [2.75, 3.05) is 5.73 Å². The van der Waals surface area contributed by atoms with Gasteiger partial charge >= 0.3 is 0 Å². The molecule has 3 aromatic heterocycles. The average Bonchev–Trinajstić information content (AvgIpc) is 3.25. The van der Waals surface area contributed by atoms with Gasteiger partial charge in [-0.25, -0.2) is 4.98 Å². The summed E-state index contributed by atoms with van der Waals surface area (Å²) in [5.74, 6) is 0.0940. The van der Waals surface area contributed by atoms with E-state index in [4.69, 9.17) is 17.3 Å². The number of rotatable bonds is 5. The number of nitrogens with one attached hydrogen (secondary N) is 1. The Labute approximate surface area is 199 Å². The van der Waals surface area contributed by atoms with Gasteiger partial charge in [-0.15, -0.1) is 0 Å². The number of carbonyl (C=O) groups excluding carboxylic acids is 1. The van der Waals surface area contributed by atoms with Crippen molar-refractivity contribution in [1.29, 1.82) is 5.26 Å². The summed E-state index contributed by atoms with van der Waals surface area (Å²) in [6.07, 6.45) is 4.83. The van der Waals surface area contributed by atoms with Crippen LogP contribution in [0, 0.1) is 11.3 Å². The molecule has 0 radical (unpaired) electrons. The smallest absolute Gasteiger partial charge is 0.256 e. The molecular formula is C25H18ClN7O. The fourth-order valence-electron chi connectivity index (χ4n) is 3.83. The standard InChI is InChI=1S/C25H18ClN7O/c26-19-9-18-8-16(2-4-22(18)30-12-19)13-33-14-21(23(10-27)32-33)25(34)31-11-15-1-3-20-17(7-15)5-6-29-24(20)28/h1-9,12,14H,11,13H2,(H2,28,29)(H,31,34). The number of nitrogen functional groups attached to an aromatic ring is 1. The van der Waals surface area contributed by atoms with Crippen LogP contribution in [0.1, 0.15) is 27.2 Å². The van der Waals surface area contributed by atoms with Crippen LogP contribution < -0.4 is 11.1 Å². The minimum Gasteiger partial charge on any atom is -0.383 e. The van der Waals surface area contributed by atoms with E-state index in [1.165, 1.54) is 0 Å². The molecule has 166 valence electrons. The van der Waals surface area contributed by atoms with Crippen LogP contribution in [0.2, 0.25) is 5.02 Å². The number of pyridine rings is 2. The van der Waals surface area contributed by atoms with E-state index in [9.17, 15) is 10.1 Å². The van der Waals surface area contributed by atoms with Crippen molar-refractivity contribution in [3.8, 4) is 6.07 Å². The second-order valence-corrected chi connectivity index (χ2v) is 8.25. The third-order valence-electron chi connectivity index (χ3n) is 5.48. The van der Waals surface area contributed by atoms with Crippen LogP contribution >= 0.6 is 11.6 Å². The van der Waals surface area contributed by atoms with Gasteiger partial charge < -0.3 is 11.1 Å². The maximum Gasteiger partial charge on any atom is 0.256 e. The van der Waals surface area contributed by atoms with Crippen LogP contribution in [0.4, 0.5) is 5.82 Å². The molecule has 1 amide bonds. The Hall–Kier alpha value is -4.48. The average molecular weight is 468 g/mol. The first kappa shape index (κ1) is 21.4. The third-order valence-corrected chi connectivity index (χ3v) is 5.69. The highest BCUT2D eigenvalue weighted by Gasteiger charge is 2.16. The van der Waals surface area contributed by atoms with Gasteiger partial charge in [0.25, 0.3) is 5.91 Å². The molecule has 0 atom stereocenters. The largest absolute Gasteiger partial charge is 0.383 e. The highest BCUT2D eigenvalue weighted by atomic mass is 35.5. The number of aromatic nitrogens is 4. The van der Waals surface area contributed by atoms with E-state index in [1.54, 1.807) is 23.3 Å². The van der Waals surface area contributed by atoms with E-state index < -0.39 is 0 Å². The van der Waals surface area contributed by atoms with Crippen LogP contribution in [-0.2, 0) is 13.1 Å². The number of nitrogens with zero attached hydrogens (tertiary/aromatic N) is 5. The van der Waals surface area contributed by atoms with Gasteiger partial charge in [0, 0.05) is 35.9 Å². The van der Waals surface area contributed by atoms with Crippen molar-refractivity contribution in [2.24, 2.45) is 0 Å². The fraction of sp³-hybridized carbons (Fsp3) is 0.0800. The predicted molar refractivity (Wildman–Crippen MR) is 130 cm³/mol. The lowest BCUT2D eigenvalue weighted by Crippen LogP contribution is -2.23. The molecule has 0 fully saturated rings. The molecule has 0 unspecified atom stereocenters. The highest BCUT2D eigenvalue weighted by Crippen LogP contribution is 2.21. The molecule has 3 heterocycles. The number of carbonyl (C=O) groups is 1. The maximum atomic E-state index is 12.8. The number of nitriles is 1. The minimum atomic E-state index is -0.369. The maximum absolute atomic E-state index is 12.8. The summed E-state index contributed by atoms with van der Waals surface area (Å²) in [4.78, 5) is 21.2. The van der Waals surface area contributed by atoms with Crippen LogP contribution in [0.15, 0.2) is 67.1 Å². The topological polar surface area (TPSA) is 123 Å². The molecule has 0 saturated carbocycles. The van der Waals surface area contributed by atoms with Crippen molar-refractivity contribution in [2.45, 2.75) is 13.1 Å². The van der Waals surface area contributed by atoms with Gasteiger partial charge in [-0.05, 0) is 46.8 Å². The zero-order valence-corrected chi connectivity index (χ0v) is 18.6. The monoisotopic (exact) mass is 467 g/mol. The SMILES string of the molecule is N#Cc1nn(Cc2ccc3ncc(Cl)cc3c2)cc1C(=O)NCc1ccc2c(N)nccc2c1. The summed E-state index contributed by atoms with van der Waals surface area (Å²) in [6.45, 7) is 0.691. The van der Waals surface area contributed by atoms with Gasteiger partial charge in [-0.3, -0.25) is 14.5 Å². The van der Waals surface area contributed by atoms with Gasteiger partial charge in [0.2, 0.25) is 0 Å². The van der Waals surface area contributed by atoms with Crippen LogP contribution in [0.3, 0.4) is 0 Å². The molecular weight excluding hydrogens is 450 g/mol. The first-order chi connectivity index (χ1) is 16.5. The number of nitrogens with two attached hydrogens (primary N) is 1. The van der Waals surface area contributed by atoms with E-state index in [0.29, 0.717) is 23.9 Å². The predicted octanol–water partition coefficient (Wildman–Crippen LogP) is 4.07. The normalized spacial score (nSPS) is 10.9. The Kier molecular flexibility index (Phi) is 5.54. The van der Waals surface area contributed by atoms with E-state index >= 15 is 0 Å². The molecule has 2 aromatic carbocycles. The van der Waals surface area contributed by atoms with Crippen molar-refractivity contribution >= 4 is 45.0 Å². The van der Waals surface area contributed by atoms with E-state index in [1.807, 2.05) is 54.6 Å². The third kappa shape index (κ3) is 4.25. The lowest BCUT2D eigenvalue weighted by atomic mass is 10.1. The number of halogens is 1. The van der Waals surface area contributed by atoms with Crippen molar-refractivity contribution < 1.29 is 4.79 Å². The van der Waals surface area contributed by atoms with Crippen molar-refractivity contribution in [3.63, 3.8) is 0 Å². The molecule has 0 spiro atoms. The number of hydrogen-bond acceptors (Lipinski definition) is 6. The first-order valence-corrected chi connectivity index (χ1v) is 10.8. The number of benzene rings is 2. The van der Waals surface area contributed by atoms with E-state index in [2.05, 4.69) is 20.4 Å². The Balaban J connectivity index is 1.33. The quantitative estimate of drug-likeness (QED) is 0.401. The fourth-order valence-corrected chi connectivity index (χ4v) is 4.00. The second kappa shape index (κ2) is 8.81. The Morgan fingerprint density at radius 2 is 1.91 bits per heavy atom. The zero-order valence-electron chi connectivity index (χ0n) is 17.9. The summed E-state index contributed by atoms with van der Waals surface area (Å²) < 4.78 is 1.58. The van der Waals surface area contributed by atoms with Gasteiger partial charge in [-0.1, -0.05) is 29.8 Å². The van der Waals surface area contributed by atoms with Crippen LogP contribution in [-0.4, -0.2) is 25.7 Å². The van der Waals surface area contributed by atoms with Gasteiger partial charge in [0.05, 0.1) is 22.6 Å². The summed E-state index contributed by atoms with van der Waals surface area (Å²) in [6, 6.07) is 17.2. The number of fused-ring (bicyclic) bond motifs is 2. The molecule has 9 heteroatoms. The molecule has 5 rings (SSSR count). The Morgan fingerprint density at radius 1 is 1.09 bits per heavy atom. The van der Waals surface area contributed by atoms with Crippen molar-refractivity contribution in [1.82, 2.24) is 25.1 Å². The van der Waals surface area contributed by atoms with Gasteiger partial charge in [-0.2, -0.15) is 10.4 Å². The molecule has 0 aliphatic carbocycles. The molecule has 8 nitrogen and oxygen atoms in total. The summed E-state index contributed by atoms with van der Waals surface area (Å²) >= 11 is 6.05. The zero-order chi connectivity index (χ0) is 23.7. The van der Waals surface area contributed by atoms with Crippen molar-refractivity contribution in [3.05, 3.63) is 94.5 Å². The van der Waals surface area contributed by atoms with Gasteiger partial charge in [0.15, 0.2) is 5.69 Å². The molecule has 5 aromatic rings. The summed E-state index contributed by atoms with van der Waals surface area (Å²) in [5.41, 5.74) is 8.87. The van der Waals surface area contributed by atoms with Crippen LogP contribution in [0.5, 0.6) is 0 Å². The summed E-state index contributed by atoms with van der Waals surface area (Å²) in [5, 5.41) is 19.9. The molecule has 3 N–H and O–H groups in total. The van der Waals surface area contributed by atoms with E-state index in [-0.39, 0.29) is 17.2 Å². The number of amides is 1. The Bertz CT molecular complexity index is 1600. The lowest BCUT2D eigenvalue weighted by Gasteiger charge is -2.07. The number of hydrogen-bond donors (Lipinski definition) is 2. The molecule has 0 bridgehead atoms. The number of anilines is 1. The molecule has 0 aliphatic heterocycles. The molecule has 0 aliphatic rings. The second-order valence-electron chi connectivity index (χ2n) is 7.82. The first-order valence-electron chi connectivity index (χ1n) is 10.4. The highest BCUT2D eigenvalue weighted by molar-refractivity contribution is 6.31. The van der Waals surface area contributed by atoms with Gasteiger partial charge in [0.1, 0.15) is 11.9 Å². The summed E-state index contributed by atoms with van der Waals surface area (Å²) in [7, 11) is 0. The van der Waals surface area contributed by atoms with Crippen LogP contribution in [0.25, 0.3) is 21.7 Å². The minimum absolute atomic E-state index is 0.0698. The van der Waals surface area contributed by atoms with E-state index in [0.717, 1.165) is 32.8 Å². The molecule has 0 saturated heterocycles. The molecule has 34 heavy (non-hydrogen) atoms. The Morgan fingerprint density at radius 3 is 2.76 bits per heavy atom.